The molecule has 18 nitrogen and oxygen atoms in total. The summed E-state index contributed by atoms with van der Waals surface area (Å²) in [6, 6.07) is 7.36. The van der Waals surface area contributed by atoms with Crippen molar-refractivity contribution < 1.29 is 67.7 Å². The van der Waals surface area contributed by atoms with E-state index in [1.165, 1.54) is 25.3 Å². The summed E-state index contributed by atoms with van der Waals surface area (Å²) in [5.74, 6) is -3.50. The third-order valence-electron chi connectivity index (χ3n) is 11.9. The predicted octanol–water partition coefficient (Wildman–Crippen LogP) is 1.76. The molecule has 0 bridgehead atoms. The Hall–Kier alpha value is -4.67. The van der Waals surface area contributed by atoms with Gasteiger partial charge in [-0.25, -0.2) is 8.42 Å². The summed E-state index contributed by atoms with van der Waals surface area (Å²) in [6.45, 7) is 1.30. The highest BCUT2D eigenvalue weighted by molar-refractivity contribution is 8.93. The van der Waals surface area contributed by atoms with Crippen LogP contribution in [0.5, 0.6) is 23.0 Å². The topological polar surface area (TPSA) is 297 Å². The zero-order chi connectivity index (χ0) is 43.4. The maximum atomic E-state index is 13.6. The van der Waals surface area contributed by atoms with Crippen molar-refractivity contribution >= 4 is 56.4 Å². The molecular formula is C41H49BrN4O14S. The molecule has 2 aliphatic heterocycles. The van der Waals surface area contributed by atoms with Crippen molar-refractivity contribution in [1.82, 2.24) is 5.32 Å². The number of aliphatic hydroxyl groups excluding tert-OH is 2. The van der Waals surface area contributed by atoms with E-state index < -0.39 is 106 Å². The number of methoxy groups -OCH3 is 1. The third-order valence-corrected chi connectivity index (χ3v) is 12.5. The van der Waals surface area contributed by atoms with Gasteiger partial charge in [-0.3, -0.25) is 24.1 Å². The van der Waals surface area contributed by atoms with Gasteiger partial charge in [0.2, 0.25) is 15.8 Å². The molecule has 3 aromatic carbocycles. The van der Waals surface area contributed by atoms with Gasteiger partial charge in [0.1, 0.15) is 35.2 Å². The van der Waals surface area contributed by atoms with Gasteiger partial charge >= 0.3 is 0 Å². The van der Waals surface area contributed by atoms with E-state index in [1.807, 2.05) is 6.07 Å². The van der Waals surface area contributed by atoms with E-state index in [-0.39, 0.29) is 69.1 Å². The number of aliphatic imine (C=N–C) groups is 1. The van der Waals surface area contributed by atoms with Crippen molar-refractivity contribution in [3.63, 3.8) is 0 Å². The number of hydrogen-bond acceptors (Lipinski definition) is 17. The summed E-state index contributed by atoms with van der Waals surface area (Å²) >= 11 is 0. The summed E-state index contributed by atoms with van der Waals surface area (Å²) in [5, 5.41) is 67.0. The van der Waals surface area contributed by atoms with Gasteiger partial charge in [0.25, 0.3) is 0 Å². The minimum atomic E-state index is -3.42. The number of hydrogen-bond donors (Lipinski definition) is 9. The van der Waals surface area contributed by atoms with Crippen molar-refractivity contribution in [2.75, 3.05) is 31.2 Å². The van der Waals surface area contributed by atoms with E-state index >= 15 is 0 Å². The molecule has 1 fully saturated rings. The number of aromatic hydroxyl groups is 3. The Morgan fingerprint density at radius 1 is 1.08 bits per heavy atom. The molecule has 0 amide bonds. The number of phenolic OH excluding ortho intramolecular Hbond substituents is 3. The van der Waals surface area contributed by atoms with Gasteiger partial charge in [0.15, 0.2) is 17.9 Å². The highest BCUT2D eigenvalue weighted by Gasteiger charge is 2.50. The largest absolute Gasteiger partial charge is 0.507 e. The highest BCUT2D eigenvalue weighted by atomic mass is 79.9. The van der Waals surface area contributed by atoms with Crippen LogP contribution in [0.25, 0.3) is 0 Å². The third kappa shape index (κ3) is 8.47. The lowest BCUT2D eigenvalue weighted by Crippen LogP contribution is -2.53. The maximum Gasteiger partial charge on any atom is 0.229 e. The Morgan fingerprint density at radius 3 is 2.44 bits per heavy atom. The van der Waals surface area contributed by atoms with E-state index in [2.05, 4.69) is 15.0 Å². The number of carbonyl (C=O) groups excluding carboxylic acids is 3. The lowest BCUT2D eigenvalue weighted by Gasteiger charge is -2.42. The van der Waals surface area contributed by atoms with Crippen LogP contribution < -0.4 is 20.5 Å². The number of halogens is 1. The quantitative estimate of drug-likeness (QED) is 0.0899. The minimum Gasteiger partial charge on any atom is -0.507 e. The Balaban J connectivity index is 0.000000238. The van der Waals surface area contributed by atoms with Crippen LogP contribution in [0.1, 0.15) is 98.7 Å². The fraction of sp³-hybridized carbons (Fsp3) is 0.463. The number of sulfonamides is 1. The first-order chi connectivity index (χ1) is 28.4. The normalized spacial score (nSPS) is 27.5. The van der Waals surface area contributed by atoms with Crippen molar-refractivity contribution in [3.8, 4) is 23.0 Å². The molecule has 8 rings (SSSR count). The number of nitrogens with one attached hydrogen (secondary N) is 2. The Labute approximate surface area is 361 Å². The van der Waals surface area contributed by atoms with Crippen molar-refractivity contribution in [2.24, 2.45) is 10.7 Å². The van der Waals surface area contributed by atoms with Gasteiger partial charge in [-0.05, 0) is 49.4 Å². The number of nitrogens with zero attached hydrogens (tertiary/aromatic N) is 1. The van der Waals surface area contributed by atoms with Crippen LogP contribution >= 0.6 is 17.0 Å². The van der Waals surface area contributed by atoms with Crippen LogP contribution in [0.3, 0.4) is 0 Å². The molecule has 3 aromatic rings. The van der Waals surface area contributed by atoms with E-state index in [0.717, 1.165) is 43.2 Å². The summed E-state index contributed by atoms with van der Waals surface area (Å²) in [6.07, 6.45) is 0.482. The van der Waals surface area contributed by atoms with Crippen LogP contribution in [0, 0.1) is 0 Å². The van der Waals surface area contributed by atoms with Crippen molar-refractivity contribution in [3.05, 3.63) is 74.8 Å². The molecule has 330 valence electrons. The zero-order valence-electron chi connectivity index (χ0n) is 33.5. The molecule has 1 saturated heterocycles. The molecular weight excluding hydrogens is 884 g/mol. The number of aliphatic hydroxyl groups is 3. The Kier molecular flexibility index (Phi) is 13.2. The van der Waals surface area contributed by atoms with Gasteiger partial charge in [0.05, 0.1) is 73.0 Å². The van der Waals surface area contributed by atoms with Crippen molar-refractivity contribution in [2.45, 2.75) is 93.7 Å². The molecule has 0 aromatic heterocycles. The molecule has 5 aliphatic rings. The van der Waals surface area contributed by atoms with Gasteiger partial charge in [0, 0.05) is 47.9 Å². The number of rotatable bonds is 8. The molecule has 61 heavy (non-hydrogen) atoms. The van der Waals surface area contributed by atoms with E-state index in [4.69, 9.17) is 19.9 Å². The lowest BCUT2D eigenvalue weighted by molar-refractivity contribution is -0.247. The predicted molar refractivity (Wildman–Crippen MR) is 225 cm³/mol. The summed E-state index contributed by atoms with van der Waals surface area (Å²) < 4.78 is 42.5. The van der Waals surface area contributed by atoms with Gasteiger partial charge in [-0.15, -0.1) is 17.0 Å². The fourth-order valence-corrected chi connectivity index (χ4v) is 9.60. The first-order valence-corrected chi connectivity index (χ1v) is 21.3. The summed E-state index contributed by atoms with van der Waals surface area (Å²) in [5.41, 5.74) is 4.72. The number of ether oxygens (including phenoxy) is 3. The van der Waals surface area contributed by atoms with Crippen molar-refractivity contribution in [1.29, 1.82) is 0 Å². The first kappa shape index (κ1) is 45.8. The van der Waals surface area contributed by atoms with Gasteiger partial charge in [-0.1, -0.05) is 18.2 Å². The molecule has 0 radical (unpaired) electrons. The van der Waals surface area contributed by atoms with E-state index in [9.17, 15) is 53.4 Å². The van der Waals surface area contributed by atoms with Crippen LogP contribution in [0.15, 0.2) is 35.3 Å². The number of phenols is 3. The SMILES string of the molecule is Br.COc1cccc2c1C(=O)c1c(O)c3c(c(O)c1C2=O)C[C@@](O)(C(=O)CO)C[C@@H]3O[C@H]1C[C@H](N)[C@H](O)[C@H](C)O1.CS(=O)(=O)Nc1c(O)ccc2c1CCCC2C1CN=CN1. The molecule has 3 aliphatic carbocycles. The fourth-order valence-electron chi connectivity index (χ4n) is 9.00. The smallest absolute Gasteiger partial charge is 0.229 e. The second-order valence-electron chi connectivity index (χ2n) is 15.8. The molecule has 10 N–H and O–H groups in total. The number of benzene rings is 3. The van der Waals surface area contributed by atoms with Crippen LogP contribution in [-0.2, 0) is 37.1 Å². The second-order valence-corrected chi connectivity index (χ2v) is 17.6. The number of anilines is 1. The first-order valence-electron chi connectivity index (χ1n) is 19.4. The number of Topliss-reactive ketones (excluding diaryl/α,β-unsaturated/α-hetero) is 1. The monoisotopic (exact) mass is 932 g/mol. The molecule has 2 unspecified atom stereocenters. The average Bonchev–Trinajstić information content (AvgIpc) is 3.75. The minimum absolute atomic E-state index is 0. The number of nitrogens with two attached hydrogens (primary N) is 1. The molecule has 2 heterocycles. The Bertz CT molecular complexity index is 2380. The highest BCUT2D eigenvalue weighted by Crippen LogP contribution is 2.52. The van der Waals surface area contributed by atoms with E-state index in [0.29, 0.717) is 5.69 Å². The van der Waals surface area contributed by atoms with Crippen LogP contribution in [0.2, 0.25) is 0 Å². The summed E-state index contributed by atoms with van der Waals surface area (Å²) in [7, 11) is -2.10. The van der Waals surface area contributed by atoms with E-state index in [1.54, 1.807) is 19.3 Å². The number of carbonyl (C=O) groups is 3. The standard InChI is InChI=1S/C27H29NO11.C14H19N3O3S.BrH/c1-10-22(31)13(28)6-17(38-10)39-15-8-27(36,16(30)9-29)7-12-19(15)26(35)21-20(24(12)33)23(32)11-4-3-5-14(37-2)18(11)25(21)34;1-21(19,20)17-14-11-4-2-3-10(12-7-15-8-16-12)9(11)5-6-13(14)18;/h3-5,10,13,15,17,22,29,31,33,35-36H,6-9,28H2,1-2H3;5-6,8,10,12,17-18H,2-4,7H2,1H3,(H,15,16);1H/t10-,13-,15-,17-,22+,27-;;/m0../s1. The van der Waals surface area contributed by atoms with Crippen LogP contribution in [0.4, 0.5) is 5.69 Å². The molecule has 8 atom stereocenters. The molecule has 0 saturated carbocycles. The number of fused-ring (bicyclic) bond motifs is 4. The zero-order valence-corrected chi connectivity index (χ0v) is 36.0. The second kappa shape index (κ2) is 17.6. The number of ketones is 3. The molecule has 20 heteroatoms. The lowest BCUT2D eigenvalue weighted by atomic mass is 9.72. The Morgan fingerprint density at radius 2 is 1.80 bits per heavy atom. The van der Waals surface area contributed by atoms with Gasteiger partial charge < -0.3 is 55.9 Å². The average molecular weight is 934 g/mol. The molecule has 0 spiro atoms. The van der Waals surface area contributed by atoms with Gasteiger partial charge in [-0.2, -0.15) is 0 Å². The van der Waals surface area contributed by atoms with Crippen LogP contribution in [-0.4, -0.2) is 125 Å². The maximum absolute atomic E-state index is 13.6. The summed E-state index contributed by atoms with van der Waals surface area (Å²) in [4.78, 5) is 44.0.